The lowest BCUT2D eigenvalue weighted by Crippen LogP contribution is -2.45. The zero-order chi connectivity index (χ0) is 25.9. The number of hydrogen-bond acceptors (Lipinski definition) is 6. The summed E-state index contributed by atoms with van der Waals surface area (Å²) in [6, 6.07) is 17.0. The van der Waals surface area contributed by atoms with Crippen LogP contribution in [0.4, 0.5) is 0 Å². The molecule has 0 aromatic heterocycles. The molecule has 0 spiro atoms. The number of nitrogens with zero attached hydrogens (tertiary/aromatic N) is 2. The van der Waals surface area contributed by atoms with Crippen LogP contribution in [0.3, 0.4) is 0 Å². The highest BCUT2D eigenvalue weighted by Gasteiger charge is 2.62. The van der Waals surface area contributed by atoms with Crippen molar-refractivity contribution in [2.75, 3.05) is 20.2 Å². The zero-order valence-corrected chi connectivity index (χ0v) is 20.9. The molecule has 4 rings (SSSR count). The monoisotopic (exact) mass is 487 g/mol. The molecule has 2 N–H and O–H groups in total. The molecular formula is C29H33N3O4. The lowest BCUT2D eigenvalue weighted by Gasteiger charge is -2.28. The Morgan fingerprint density at radius 1 is 1.19 bits per heavy atom. The standard InChI is InChI=1S/C29H33N3O4/c1-29(28(35)36-2)24(18-31)25(32(27(29)34)14-6-9-19-7-4-3-5-8-19)26(33)23-13-12-21-15-20(17-30)10-11-22(21)16-23/h3-5,7-8,12-13,16,20,24-25H,6,9-11,14-15,18,31H2,1-2H3/t20?,24?,25-,29-/m0/s1. The first-order valence-electron chi connectivity index (χ1n) is 12.5. The second-order valence-electron chi connectivity index (χ2n) is 9.99. The zero-order valence-electron chi connectivity index (χ0n) is 20.9. The molecule has 1 aliphatic carbocycles. The second-order valence-corrected chi connectivity index (χ2v) is 9.99. The number of Topliss-reactive ketones (excluding diaryl/α,β-unsaturated/α-hetero) is 1. The lowest BCUT2D eigenvalue weighted by molar-refractivity contribution is -0.159. The first kappa shape index (κ1) is 25.6. The predicted molar refractivity (Wildman–Crippen MR) is 135 cm³/mol. The van der Waals surface area contributed by atoms with E-state index in [2.05, 4.69) is 6.07 Å². The van der Waals surface area contributed by atoms with Crippen LogP contribution in [0.15, 0.2) is 48.5 Å². The van der Waals surface area contributed by atoms with Crippen molar-refractivity contribution in [2.45, 2.75) is 45.1 Å². The summed E-state index contributed by atoms with van der Waals surface area (Å²) in [4.78, 5) is 42.0. The number of ketones is 1. The van der Waals surface area contributed by atoms with Gasteiger partial charge < -0.3 is 15.4 Å². The average Bonchev–Trinajstić information content (AvgIpc) is 3.14. The third-order valence-corrected chi connectivity index (χ3v) is 7.90. The minimum Gasteiger partial charge on any atom is -0.468 e. The molecule has 7 nitrogen and oxygen atoms in total. The molecule has 1 aliphatic heterocycles. The van der Waals surface area contributed by atoms with E-state index in [1.807, 2.05) is 42.5 Å². The van der Waals surface area contributed by atoms with Crippen molar-refractivity contribution in [2.24, 2.45) is 23.0 Å². The van der Waals surface area contributed by atoms with Crippen LogP contribution < -0.4 is 5.73 Å². The Morgan fingerprint density at radius 2 is 1.94 bits per heavy atom. The number of methoxy groups -OCH3 is 1. The number of likely N-dealkylation sites (tertiary alicyclic amines) is 1. The summed E-state index contributed by atoms with van der Waals surface area (Å²) in [6.45, 7) is 1.88. The van der Waals surface area contributed by atoms with E-state index in [9.17, 15) is 19.6 Å². The van der Waals surface area contributed by atoms with E-state index in [-0.39, 0.29) is 18.2 Å². The van der Waals surface area contributed by atoms with Gasteiger partial charge in [0, 0.05) is 18.0 Å². The van der Waals surface area contributed by atoms with Gasteiger partial charge in [0.2, 0.25) is 5.91 Å². The Morgan fingerprint density at radius 3 is 2.61 bits per heavy atom. The fourth-order valence-corrected chi connectivity index (χ4v) is 5.78. The molecule has 2 aliphatic rings. The molecule has 1 amide bonds. The second kappa shape index (κ2) is 10.6. The van der Waals surface area contributed by atoms with Gasteiger partial charge in [-0.2, -0.15) is 5.26 Å². The minimum atomic E-state index is -1.52. The van der Waals surface area contributed by atoms with E-state index in [1.165, 1.54) is 7.11 Å². The van der Waals surface area contributed by atoms with Gasteiger partial charge in [0.1, 0.15) is 11.5 Å². The van der Waals surface area contributed by atoms with Crippen molar-refractivity contribution >= 4 is 17.7 Å². The molecule has 2 aromatic rings. The molecule has 7 heteroatoms. The molecule has 0 saturated carbocycles. The number of carbonyl (C=O) groups excluding carboxylic acids is 3. The molecule has 4 atom stereocenters. The van der Waals surface area contributed by atoms with Crippen LogP contribution in [0.1, 0.15) is 46.8 Å². The Bertz CT molecular complexity index is 1190. The summed E-state index contributed by atoms with van der Waals surface area (Å²) < 4.78 is 5.01. The first-order chi connectivity index (χ1) is 17.3. The number of fused-ring (bicyclic) bond motifs is 1. The fourth-order valence-electron chi connectivity index (χ4n) is 5.78. The predicted octanol–water partition coefficient (Wildman–Crippen LogP) is 3.10. The molecule has 0 bridgehead atoms. The number of hydrogen-bond donors (Lipinski definition) is 1. The Balaban J connectivity index is 1.65. The van der Waals surface area contributed by atoms with Crippen LogP contribution in [-0.4, -0.2) is 48.8 Å². The third-order valence-electron chi connectivity index (χ3n) is 7.90. The molecule has 1 fully saturated rings. The van der Waals surface area contributed by atoms with E-state index < -0.39 is 29.3 Å². The highest BCUT2D eigenvalue weighted by Crippen LogP contribution is 2.43. The van der Waals surface area contributed by atoms with Gasteiger partial charge in [-0.15, -0.1) is 0 Å². The van der Waals surface area contributed by atoms with E-state index in [0.29, 0.717) is 24.9 Å². The molecule has 2 aromatic carbocycles. The fraction of sp³-hybridized carbons (Fsp3) is 0.448. The van der Waals surface area contributed by atoms with Gasteiger partial charge in [0.15, 0.2) is 5.78 Å². The number of rotatable bonds is 8. The van der Waals surface area contributed by atoms with Gasteiger partial charge in [-0.25, -0.2) is 0 Å². The Labute approximate surface area is 212 Å². The number of nitriles is 1. The molecule has 0 radical (unpaired) electrons. The maximum absolute atomic E-state index is 14.0. The molecule has 188 valence electrons. The largest absolute Gasteiger partial charge is 0.468 e. The highest BCUT2D eigenvalue weighted by atomic mass is 16.5. The third kappa shape index (κ3) is 4.54. The smallest absolute Gasteiger partial charge is 0.321 e. The van der Waals surface area contributed by atoms with Crippen LogP contribution in [0.5, 0.6) is 0 Å². The van der Waals surface area contributed by atoms with Crippen molar-refractivity contribution in [3.05, 3.63) is 70.8 Å². The average molecular weight is 488 g/mol. The van der Waals surface area contributed by atoms with Gasteiger partial charge >= 0.3 is 5.97 Å². The summed E-state index contributed by atoms with van der Waals surface area (Å²) in [5, 5.41) is 9.28. The van der Waals surface area contributed by atoms with Crippen molar-refractivity contribution < 1.29 is 19.1 Å². The number of esters is 1. The van der Waals surface area contributed by atoms with Gasteiger partial charge in [0.25, 0.3) is 0 Å². The molecule has 36 heavy (non-hydrogen) atoms. The quantitative estimate of drug-likeness (QED) is 0.348. The number of carbonyl (C=O) groups is 3. The summed E-state index contributed by atoms with van der Waals surface area (Å²) in [7, 11) is 1.25. The Kier molecular flexibility index (Phi) is 7.56. The summed E-state index contributed by atoms with van der Waals surface area (Å²) in [5.74, 6) is -2.00. The molecule has 2 unspecified atom stereocenters. The Hall–Kier alpha value is -3.50. The van der Waals surface area contributed by atoms with Crippen LogP contribution in [0.2, 0.25) is 0 Å². The van der Waals surface area contributed by atoms with Crippen molar-refractivity contribution in [1.29, 1.82) is 5.26 Å². The van der Waals surface area contributed by atoms with Crippen molar-refractivity contribution in [1.82, 2.24) is 4.90 Å². The van der Waals surface area contributed by atoms with E-state index in [4.69, 9.17) is 10.5 Å². The highest BCUT2D eigenvalue weighted by molar-refractivity contribution is 6.11. The number of aryl methyl sites for hydroxylation is 2. The van der Waals surface area contributed by atoms with Gasteiger partial charge in [-0.1, -0.05) is 42.5 Å². The maximum Gasteiger partial charge on any atom is 0.321 e. The van der Waals surface area contributed by atoms with E-state index in [1.54, 1.807) is 17.9 Å². The summed E-state index contributed by atoms with van der Waals surface area (Å²) in [5.41, 5.74) is 8.39. The van der Waals surface area contributed by atoms with Gasteiger partial charge in [0.05, 0.1) is 19.1 Å². The van der Waals surface area contributed by atoms with Crippen LogP contribution >= 0.6 is 0 Å². The molecule has 1 heterocycles. The van der Waals surface area contributed by atoms with Crippen molar-refractivity contribution in [3.63, 3.8) is 0 Å². The van der Waals surface area contributed by atoms with Crippen molar-refractivity contribution in [3.8, 4) is 6.07 Å². The number of benzene rings is 2. The van der Waals surface area contributed by atoms with Gasteiger partial charge in [-0.05, 0) is 68.3 Å². The van der Waals surface area contributed by atoms with Gasteiger partial charge in [-0.3, -0.25) is 14.4 Å². The van der Waals surface area contributed by atoms with E-state index >= 15 is 0 Å². The normalized spacial score (nSPS) is 25.2. The lowest BCUT2D eigenvalue weighted by atomic mass is 9.74. The summed E-state index contributed by atoms with van der Waals surface area (Å²) in [6.07, 6.45) is 3.57. The van der Waals surface area contributed by atoms with Crippen LogP contribution in [0.25, 0.3) is 0 Å². The number of ether oxygens (including phenoxy) is 1. The van der Waals surface area contributed by atoms with Crippen LogP contribution in [-0.2, 0) is 33.6 Å². The van der Waals surface area contributed by atoms with Crippen LogP contribution in [0, 0.1) is 28.6 Å². The maximum atomic E-state index is 14.0. The molecular weight excluding hydrogens is 454 g/mol. The minimum absolute atomic E-state index is 0.00226. The molecule has 1 saturated heterocycles. The summed E-state index contributed by atoms with van der Waals surface area (Å²) >= 11 is 0. The topological polar surface area (TPSA) is 113 Å². The number of amides is 1. The van der Waals surface area contributed by atoms with E-state index in [0.717, 1.165) is 36.0 Å². The SMILES string of the molecule is COC(=O)[C@]1(C)C(=O)N(CCCc2ccccc2)[C@H](C(=O)c2ccc3c(c2)CCC(C#N)C3)C1CN. The number of nitrogens with two attached hydrogens (primary N) is 1. The first-order valence-corrected chi connectivity index (χ1v) is 12.5.